The van der Waals surface area contributed by atoms with Crippen LogP contribution in [-0.2, 0) is 16.1 Å². The number of ether oxygens (including phenoxy) is 2. The lowest BCUT2D eigenvalue weighted by atomic mass is 10.3. The first-order valence-electron chi connectivity index (χ1n) is 8.58. The van der Waals surface area contributed by atoms with E-state index in [1.54, 1.807) is 6.92 Å². The van der Waals surface area contributed by atoms with Crippen molar-refractivity contribution in [1.29, 1.82) is 0 Å². The fourth-order valence-electron chi connectivity index (χ4n) is 2.27. The molecule has 2 heterocycles. The molecule has 10 heteroatoms. The highest BCUT2D eigenvalue weighted by Gasteiger charge is 2.16. The number of nitrogens with one attached hydrogen (secondary N) is 1. The summed E-state index contributed by atoms with van der Waals surface area (Å²) in [5.41, 5.74) is 0.485. The van der Waals surface area contributed by atoms with Crippen LogP contribution in [0.1, 0.15) is 22.0 Å². The standard InChI is InChI=1S/C20H15Cl2FN2O5/c1-11-15(21)8-16(22)19(24-11)25-18(26)10-29-20(27)17-7-6-14(30-17)9-28-13-4-2-12(23)3-5-13/h2-8H,9-10H2,1H3,(H,24,25,26). The fourth-order valence-corrected chi connectivity index (χ4v) is 2.67. The predicted octanol–water partition coefficient (Wildman–Crippen LogP) is 4.80. The van der Waals surface area contributed by atoms with Crippen molar-refractivity contribution in [1.82, 2.24) is 4.98 Å². The number of carbonyl (C=O) groups is 2. The minimum Gasteiger partial charge on any atom is -0.486 e. The van der Waals surface area contributed by atoms with Crippen LogP contribution in [0.3, 0.4) is 0 Å². The number of esters is 1. The Hall–Kier alpha value is -3.10. The Morgan fingerprint density at radius 2 is 1.87 bits per heavy atom. The van der Waals surface area contributed by atoms with Crippen molar-refractivity contribution >= 4 is 40.9 Å². The number of aromatic nitrogens is 1. The third-order valence-corrected chi connectivity index (χ3v) is 4.43. The van der Waals surface area contributed by atoms with Crippen LogP contribution in [0.2, 0.25) is 10.0 Å². The molecule has 30 heavy (non-hydrogen) atoms. The third-order valence-electron chi connectivity index (χ3n) is 3.75. The van der Waals surface area contributed by atoms with E-state index in [1.807, 2.05) is 0 Å². The van der Waals surface area contributed by atoms with Gasteiger partial charge in [0.05, 0.1) is 15.7 Å². The number of carbonyl (C=O) groups excluding carboxylic acids is 2. The summed E-state index contributed by atoms with van der Waals surface area (Å²) < 4.78 is 28.6. The molecule has 0 spiro atoms. The van der Waals surface area contributed by atoms with E-state index in [0.29, 0.717) is 22.2 Å². The van der Waals surface area contributed by atoms with Gasteiger partial charge in [-0.2, -0.15) is 0 Å². The number of benzene rings is 1. The average Bonchev–Trinajstić information content (AvgIpc) is 3.19. The van der Waals surface area contributed by atoms with Crippen molar-refractivity contribution in [3.05, 3.63) is 75.5 Å². The number of rotatable bonds is 7. The summed E-state index contributed by atoms with van der Waals surface area (Å²) in [5.74, 6) is -1.03. The van der Waals surface area contributed by atoms with Crippen LogP contribution in [0.4, 0.5) is 10.2 Å². The van der Waals surface area contributed by atoms with Crippen LogP contribution >= 0.6 is 23.2 Å². The lowest BCUT2D eigenvalue weighted by molar-refractivity contribution is -0.119. The molecule has 0 bridgehead atoms. The molecule has 3 aromatic rings. The Morgan fingerprint density at radius 1 is 1.13 bits per heavy atom. The van der Waals surface area contributed by atoms with Crippen LogP contribution in [0, 0.1) is 12.7 Å². The van der Waals surface area contributed by atoms with E-state index in [1.165, 1.54) is 42.5 Å². The van der Waals surface area contributed by atoms with Gasteiger partial charge in [-0.1, -0.05) is 23.2 Å². The lowest BCUT2D eigenvalue weighted by Gasteiger charge is -2.08. The molecule has 1 aromatic carbocycles. The Kier molecular flexibility index (Phi) is 6.91. The summed E-state index contributed by atoms with van der Waals surface area (Å²) in [7, 11) is 0. The van der Waals surface area contributed by atoms with Crippen LogP contribution in [0.5, 0.6) is 5.75 Å². The molecule has 0 unspecified atom stereocenters. The number of nitrogens with zero attached hydrogens (tertiary/aromatic N) is 1. The summed E-state index contributed by atoms with van der Waals surface area (Å²) in [4.78, 5) is 28.1. The molecule has 3 rings (SSSR count). The summed E-state index contributed by atoms with van der Waals surface area (Å²) in [6.07, 6.45) is 0. The van der Waals surface area contributed by atoms with E-state index < -0.39 is 18.5 Å². The minimum absolute atomic E-state index is 0.0273. The van der Waals surface area contributed by atoms with Gasteiger partial charge in [0.1, 0.15) is 23.9 Å². The quantitative estimate of drug-likeness (QED) is 0.517. The van der Waals surface area contributed by atoms with Crippen LogP contribution < -0.4 is 10.1 Å². The Balaban J connectivity index is 1.49. The maximum atomic E-state index is 12.9. The molecule has 156 valence electrons. The molecule has 0 saturated carbocycles. The molecule has 2 aromatic heterocycles. The van der Waals surface area contributed by atoms with Crippen molar-refractivity contribution in [2.75, 3.05) is 11.9 Å². The highest BCUT2D eigenvalue weighted by Crippen LogP contribution is 2.25. The van der Waals surface area contributed by atoms with Gasteiger partial charge < -0.3 is 19.2 Å². The Bertz CT molecular complexity index is 1070. The van der Waals surface area contributed by atoms with E-state index >= 15 is 0 Å². The maximum absolute atomic E-state index is 12.9. The normalized spacial score (nSPS) is 10.5. The van der Waals surface area contributed by atoms with Crippen molar-refractivity contribution in [2.24, 2.45) is 0 Å². The highest BCUT2D eigenvalue weighted by atomic mass is 35.5. The summed E-state index contributed by atoms with van der Waals surface area (Å²) in [6.45, 7) is 1.11. The molecule has 7 nitrogen and oxygen atoms in total. The average molecular weight is 453 g/mol. The number of halogens is 3. The summed E-state index contributed by atoms with van der Waals surface area (Å²) >= 11 is 11.9. The number of anilines is 1. The van der Waals surface area contributed by atoms with Crippen LogP contribution in [-0.4, -0.2) is 23.5 Å². The van der Waals surface area contributed by atoms with E-state index in [-0.39, 0.29) is 29.0 Å². The van der Waals surface area contributed by atoms with Crippen LogP contribution in [0.15, 0.2) is 46.9 Å². The first kappa shape index (κ1) is 21.6. The zero-order chi connectivity index (χ0) is 21.7. The molecule has 0 radical (unpaired) electrons. The van der Waals surface area contributed by atoms with Gasteiger partial charge in [-0.15, -0.1) is 0 Å². The monoisotopic (exact) mass is 452 g/mol. The first-order valence-corrected chi connectivity index (χ1v) is 9.34. The molecule has 0 saturated heterocycles. The number of pyridine rings is 1. The van der Waals surface area contributed by atoms with Gasteiger partial charge in [0.2, 0.25) is 5.76 Å². The lowest BCUT2D eigenvalue weighted by Crippen LogP contribution is -2.21. The zero-order valence-corrected chi connectivity index (χ0v) is 17.1. The third kappa shape index (κ3) is 5.71. The molecule has 1 N–H and O–H groups in total. The van der Waals surface area contributed by atoms with Crippen molar-refractivity contribution in [3.63, 3.8) is 0 Å². The Morgan fingerprint density at radius 3 is 2.60 bits per heavy atom. The number of hydrogen-bond donors (Lipinski definition) is 1. The van der Waals surface area contributed by atoms with Crippen LogP contribution in [0.25, 0.3) is 0 Å². The van der Waals surface area contributed by atoms with Gasteiger partial charge in [0.15, 0.2) is 12.4 Å². The second-order valence-corrected chi connectivity index (χ2v) is 6.83. The fraction of sp³-hybridized carbons (Fsp3) is 0.150. The SMILES string of the molecule is Cc1nc(NC(=O)COC(=O)c2ccc(COc3ccc(F)cc3)o2)c(Cl)cc1Cl. The van der Waals surface area contributed by atoms with E-state index in [9.17, 15) is 14.0 Å². The summed E-state index contributed by atoms with van der Waals surface area (Å²) in [5, 5.41) is 2.95. The van der Waals surface area contributed by atoms with Gasteiger partial charge >= 0.3 is 5.97 Å². The molecule has 1 amide bonds. The molecule has 0 aliphatic rings. The molecular formula is C20H15Cl2FN2O5. The van der Waals surface area contributed by atoms with Gasteiger partial charge in [-0.3, -0.25) is 4.79 Å². The van der Waals surface area contributed by atoms with Crippen molar-refractivity contribution < 1.29 is 27.9 Å². The zero-order valence-electron chi connectivity index (χ0n) is 15.6. The van der Waals surface area contributed by atoms with Gasteiger partial charge in [0, 0.05) is 0 Å². The second kappa shape index (κ2) is 9.60. The van der Waals surface area contributed by atoms with Gasteiger partial charge in [-0.05, 0) is 49.4 Å². The van der Waals surface area contributed by atoms with E-state index in [0.717, 1.165) is 0 Å². The van der Waals surface area contributed by atoms with E-state index in [4.69, 9.17) is 37.1 Å². The number of amides is 1. The maximum Gasteiger partial charge on any atom is 0.374 e. The topological polar surface area (TPSA) is 90.7 Å². The second-order valence-electron chi connectivity index (χ2n) is 6.02. The number of aryl methyl sites for hydroxylation is 1. The highest BCUT2D eigenvalue weighted by molar-refractivity contribution is 6.36. The summed E-state index contributed by atoms with van der Waals surface area (Å²) in [6, 6.07) is 9.83. The largest absolute Gasteiger partial charge is 0.486 e. The molecule has 0 fully saturated rings. The minimum atomic E-state index is -0.829. The smallest absolute Gasteiger partial charge is 0.374 e. The predicted molar refractivity (Wildman–Crippen MR) is 107 cm³/mol. The molecule has 0 aliphatic carbocycles. The van der Waals surface area contributed by atoms with Gasteiger partial charge in [-0.25, -0.2) is 14.2 Å². The number of furan rings is 1. The molecular weight excluding hydrogens is 438 g/mol. The number of hydrogen-bond acceptors (Lipinski definition) is 6. The Labute approximate surface area is 180 Å². The molecule has 0 aliphatic heterocycles. The van der Waals surface area contributed by atoms with Crippen molar-refractivity contribution in [3.8, 4) is 5.75 Å². The molecule has 0 atom stereocenters. The van der Waals surface area contributed by atoms with E-state index in [2.05, 4.69) is 10.3 Å². The first-order chi connectivity index (χ1) is 14.3. The van der Waals surface area contributed by atoms with Gasteiger partial charge in [0.25, 0.3) is 5.91 Å². The van der Waals surface area contributed by atoms with Crippen molar-refractivity contribution in [2.45, 2.75) is 13.5 Å².